The number of Topliss-reactive ketones (excluding diaryl/α,β-unsaturated/α-hetero) is 1. The van der Waals surface area contributed by atoms with Crippen molar-refractivity contribution in [1.82, 2.24) is 0 Å². The lowest BCUT2D eigenvalue weighted by Crippen LogP contribution is -2.57. The van der Waals surface area contributed by atoms with Crippen molar-refractivity contribution in [1.29, 1.82) is 0 Å². The van der Waals surface area contributed by atoms with Crippen molar-refractivity contribution in [2.75, 3.05) is 7.11 Å². The zero-order valence-corrected chi connectivity index (χ0v) is 28.1. The summed E-state index contributed by atoms with van der Waals surface area (Å²) < 4.78 is 13.1. The van der Waals surface area contributed by atoms with Gasteiger partial charge in [0.15, 0.2) is 14.1 Å². The van der Waals surface area contributed by atoms with Crippen LogP contribution in [0.5, 0.6) is 0 Å². The minimum absolute atomic E-state index is 0.0125. The summed E-state index contributed by atoms with van der Waals surface area (Å²) in [4.78, 5) is 13.5. The third-order valence-corrected chi connectivity index (χ3v) is 18.9. The Labute approximate surface area is 240 Å². The normalized spacial score (nSPS) is 45.7. The van der Waals surface area contributed by atoms with Crippen LogP contribution >= 0.6 is 0 Å². The van der Waals surface area contributed by atoms with Gasteiger partial charge in [-0.25, -0.2) is 0 Å². The number of ketones is 1. The van der Waals surface area contributed by atoms with Crippen molar-refractivity contribution in [3.8, 4) is 0 Å². The second kappa shape index (κ2) is 9.64. The fraction of sp³-hybridized carbons (Fsp3) is 0.971. The van der Waals surface area contributed by atoms with Crippen LogP contribution in [0.4, 0.5) is 0 Å². The number of fused-ring (bicyclic) bond motifs is 4. The van der Waals surface area contributed by atoms with Crippen molar-refractivity contribution < 1.29 is 19.1 Å². The average molecular weight is 561 g/mol. The maximum atomic E-state index is 13.5. The second-order valence-electron chi connectivity index (χ2n) is 17.2. The molecule has 0 heterocycles. The highest BCUT2D eigenvalue weighted by atomic mass is 28.4. The number of carbonyl (C=O) groups excluding carboxylic acids is 1. The van der Waals surface area contributed by atoms with E-state index in [-0.39, 0.29) is 28.1 Å². The van der Waals surface area contributed by atoms with Crippen LogP contribution in [0.1, 0.15) is 107 Å². The highest BCUT2D eigenvalue weighted by Crippen LogP contribution is 2.82. The molecule has 0 radical (unpaired) electrons. The summed E-state index contributed by atoms with van der Waals surface area (Å²) in [6, 6.07) is 0. The summed E-state index contributed by atoms with van der Waals surface area (Å²) in [5, 5.41) is 12.0. The Morgan fingerprint density at radius 3 is 2.23 bits per heavy atom. The van der Waals surface area contributed by atoms with E-state index in [1.165, 1.54) is 44.9 Å². The van der Waals surface area contributed by atoms with E-state index in [0.717, 1.165) is 24.2 Å². The number of ether oxygens (including phenoxy) is 1. The van der Waals surface area contributed by atoms with Crippen molar-refractivity contribution in [3.63, 3.8) is 0 Å². The standard InChI is InChI=1S/C34H60O4Si/c1-20(2)28(35)30(38-39(10,11)31(4,5)6)29(36)21(3)24-12-13-25-23-18-27(37-9)34-19-22(34)14-17-33(34,8)26(23)15-16-32(24,25)7/h20-27,29-30,36H,12-19H2,1-11H3/t21-,22+,23-,24+,25-,26-,27+,29+,30+,32+,33+,34-/m0/s1. The summed E-state index contributed by atoms with van der Waals surface area (Å²) in [6.07, 6.45) is 9.39. The maximum Gasteiger partial charge on any atom is 0.193 e. The van der Waals surface area contributed by atoms with Gasteiger partial charge in [0.1, 0.15) is 6.10 Å². The van der Waals surface area contributed by atoms with Crippen LogP contribution in [-0.4, -0.2) is 44.6 Å². The smallest absolute Gasteiger partial charge is 0.193 e. The Morgan fingerprint density at radius 1 is 1.00 bits per heavy atom. The predicted octanol–water partition coefficient (Wildman–Crippen LogP) is 7.88. The molecule has 0 aliphatic heterocycles. The Kier molecular flexibility index (Phi) is 7.47. The summed E-state index contributed by atoms with van der Waals surface area (Å²) in [6.45, 7) is 22.4. The molecule has 5 heteroatoms. The van der Waals surface area contributed by atoms with E-state index in [2.05, 4.69) is 54.6 Å². The molecule has 5 rings (SSSR count). The molecule has 224 valence electrons. The van der Waals surface area contributed by atoms with Gasteiger partial charge in [-0.1, -0.05) is 55.4 Å². The Hall–Kier alpha value is -0.233. The molecule has 0 amide bonds. The molecule has 4 nitrogen and oxygen atoms in total. The monoisotopic (exact) mass is 560 g/mol. The maximum absolute atomic E-state index is 13.5. The predicted molar refractivity (Wildman–Crippen MR) is 161 cm³/mol. The van der Waals surface area contributed by atoms with Crippen molar-refractivity contribution >= 4 is 14.1 Å². The molecular formula is C34H60O4Si. The van der Waals surface area contributed by atoms with E-state index >= 15 is 0 Å². The number of methoxy groups -OCH3 is 1. The quantitative estimate of drug-likeness (QED) is 0.307. The fourth-order valence-electron chi connectivity index (χ4n) is 11.1. The number of aliphatic hydroxyl groups is 1. The first-order valence-corrected chi connectivity index (χ1v) is 19.3. The molecule has 0 aromatic heterocycles. The molecule has 0 unspecified atom stereocenters. The van der Waals surface area contributed by atoms with E-state index in [1.54, 1.807) is 0 Å². The number of rotatable bonds is 8. The van der Waals surface area contributed by atoms with E-state index in [9.17, 15) is 9.90 Å². The first-order chi connectivity index (χ1) is 18.0. The van der Waals surface area contributed by atoms with Crippen LogP contribution < -0.4 is 0 Å². The highest BCUT2D eigenvalue weighted by Gasteiger charge is 2.77. The van der Waals surface area contributed by atoms with Crippen molar-refractivity contribution in [2.45, 2.75) is 143 Å². The third kappa shape index (κ3) is 4.24. The second-order valence-corrected chi connectivity index (χ2v) is 21.9. The Bertz CT molecular complexity index is 955. The molecule has 39 heavy (non-hydrogen) atoms. The zero-order valence-electron chi connectivity index (χ0n) is 27.1. The van der Waals surface area contributed by atoms with Crippen LogP contribution in [0.25, 0.3) is 0 Å². The van der Waals surface area contributed by atoms with Gasteiger partial charge in [-0.05, 0) is 116 Å². The first kappa shape index (κ1) is 30.2. The Morgan fingerprint density at radius 2 is 1.67 bits per heavy atom. The number of hydrogen-bond donors (Lipinski definition) is 1. The first-order valence-electron chi connectivity index (χ1n) is 16.4. The zero-order chi connectivity index (χ0) is 28.9. The molecule has 12 atom stereocenters. The van der Waals surface area contributed by atoms with Gasteiger partial charge in [-0.15, -0.1) is 0 Å². The Balaban J connectivity index is 1.39. The minimum Gasteiger partial charge on any atom is -0.404 e. The van der Waals surface area contributed by atoms with Gasteiger partial charge in [0.2, 0.25) is 0 Å². The lowest BCUT2D eigenvalue weighted by Gasteiger charge is -2.61. The number of aliphatic hydroxyl groups excluding tert-OH is 1. The lowest BCUT2D eigenvalue weighted by atomic mass is 9.45. The molecule has 5 fully saturated rings. The molecule has 1 spiro atoms. The molecule has 5 aliphatic carbocycles. The van der Waals surface area contributed by atoms with Gasteiger partial charge in [0.25, 0.3) is 0 Å². The van der Waals surface area contributed by atoms with Crippen LogP contribution in [-0.2, 0) is 14.0 Å². The molecular weight excluding hydrogens is 500 g/mol. The van der Waals surface area contributed by atoms with E-state index in [1.807, 2.05) is 21.0 Å². The van der Waals surface area contributed by atoms with Crippen molar-refractivity contribution in [2.24, 2.45) is 57.7 Å². The molecule has 5 saturated carbocycles. The van der Waals surface area contributed by atoms with Crippen molar-refractivity contribution in [3.05, 3.63) is 0 Å². The topological polar surface area (TPSA) is 55.8 Å². The van der Waals surface area contributed by atoms with Crippen LogP contribution in [0.15, 0.2) is 0 Å². The molecule has 5 aliphatic rings. The molecule has 0 bridgehead atoms. The summed E-state index contributed by atoms with van der Waals surface area (Å²) >= 11 is 0. The lowest BCUT2D eigenvalue weighted by molar-refractivity contribution is -0.164. The summed E-state index contributed by atoms with van der Waals surface area (Å²) in [7, 11) is -0.260. The third-order valence-electron chi connectivity index (χ3n) is 14.5. The minimum atomic E-state index is -2.23. The van der Waals surface area contributed by atoms with Crippen LogP contribution in [0.3, 0.4) is 0 Å². The van der Waals surface area contributed by atoms with Crippen LogP contribution in [0, 0.1) is 57.7 Å². The number of hydrogen-bond acceptors (Lipinski definition) is 4. The average Bonchev–Trinajstić information content (AvgIpc) is 3.36. The fourth-order valence-corrected chi connectivity index (χ4v) is 12.4. The van der Waals surface area contributed by atoms with Gasteiger partial charge in [-0.3, -0.25) is 4.79 Å². The van der Waals surface area contributed by atoms with Gasteiger partial charge < -0.3 is 14.3 Å². The number of carbonyl (C=O) groups is 1. The molecule has 1 N–H and O–H groups in total. The van der Waals surface area contributed by atoms with Gasteiger partial charge in [0, 0.05) is 18.4 Å². The molecule has 0 aromatic rings. The SMILES string of the molecule is CO[C@@H]1C[C@H]2[C@@H]3CC[C@H]([C@H](C)[C@@H](O)[C@H](O[Si](C)(C)C(C)(C)C)C(=O)C(C)C)[C@@]3(C)CC[C@@H]2[C@@]2(C)CC[C@@H]3C[C@]312. The van der Waals surface area contributed by atoms with E-state index in [4.69, 9.17) is 9.16 Å². The summed E-state index contributed by atoms with van der Waals surface area (Å²) in [5.74, 6) is 3.54. The van der Waals surface area contributed by atoms with Crippen LogP contribution in [0.2, 0.25) is 18.1 Å². The van der Waals surface area contributed by atoms with Gasteiger partial charge in [-0.2, -0.15) is 0 Å². The van der Waals surface area contributed by atoms with Gasteiger partial charge in [0.05, 0.1) is 12.2 Å². The summed E-state index contributed by atoms with van der Waals surface area (Å²) in [5.41, 5.74) is 1.12. The highest BCUT2D eigenvalue weighted by molar-refractivity contribution is 6.74. The van der Waals surface area contributed by atoms with Gasteiger partial charge >= 0.3 is 0 Å². The largest absolute Gasteiger partial charge is 0.404 e. The van der Waals surface area contributed by atoms with E-state index in [0.29, 0.717) is 28.8 Å². The van der Waals surface area contributed by atoms with E-state index < -0.39 is 20.5 Å². The molecule has 0 saturated heterocycles. The molecule has 0 aromatic carbocycles.